The summed E-state index contributed by atoms with van der Waals surface area (Å²) in [6, 6.07) is 27.4. The zero-order valence-electron chi connectivity index (χ0n) is 30.6. The van der Waals surface area contributed by atoms with Crippen molar-refractivity contribution in [3.63, 3.8) is 0 Å². The lowest BCUT2D eigenvalue weighted by atomic mass is 9.79. The van der Waals surface area contributed by atoms with E-state index >= 15 is 0 Å². The number of ether oxygens (including phenoxy) is 4. The Kier molecular flexibility index (Phi) is 13.0. The summed E-state index contributed by atoms with van der Waals surface area (Å²) < 4.78 is 41.7. The SMILES string of the molecule is COc1ccc(C(O[C@H]2CO[C@@H](n3cc(C)c(=O)[nH]c3=O)C2OP(OCCC#N)N(C(C)C)C(C)C)(c2ccccc2)c2ccc(OC)cc2)cc1. The highest BCUT2D eigenvalue weighted by molar-refractivity contribution is 7.44. The quantitative estimate of drug-likeness (QED) is 0.0780. The van der Waals surface area contributed by atoms with E-state index in [1.807, 2.05) is 107 Å². The summed E-state index contributed by atoms with van der Waals surface area (Å²) in [4.78, 5) is 28.2. The number of hydrogen-bond donors (Lipinski definition) is 1. The van der Waals surface area contributed by atoms with Crippen molar-refractivity contribution in [3.8, 4) is 17.6 Å². The number of nitrogens with one attached hydrogen (secondary N) is 1. The average Bonchev–Trinajstić information content (AvgIpc) is 3.53. The number of aromatic amines is 1. The number of H-pyrrole nitrogens is 1. The van der Waals surface area contributed by atoms with Crippen LogP contribution in [0.3, 0.4) is 0 Å². The molecular weight excluding hydrogens is 683 g/mol. The fourth-order valence-corrected chi connectivity index (χ4v) is 8.21. The number of benzene rings is 3. The molecule has 13 heteroatoms. The van der Waals surface area contributed by atoms with E-state index in [0.717, 1.165) is 16.7 Å². The lowest BCUT2D eigenvalue weighted by Crippen LogP contribution is -2.45. The van der Waals surface area contributed by atoms with Gasteiger partial charge in [-0.2, -0.15) is 5.26 Å². The second kappa shape index (κ2) is 17.5. The minimum atomic E-state index is -1.81. The molecule has 0 spiro atoms. The van der Waals surface area contributed by atoms with Crippen LogP contribution in [0.2, 0.25) is 0 Å². The number of aromatic nitrogens is 2. The first-order valence-electron chi connectivity index (χ1n) is 17.2. The molecule has 0 radical (unpaired) electrons. The van der Waals surface area contributed by atoms with E-state index < -0.39 is 43.8 Å². The van der Waals surface area contributed by atoms with Gasteiger partial charge in [-0.3, -0.25) is 14.3 Å². The Balaban J connectivity index is 1.71. The van der Waals surface area contributed by atoms with E-state index in [0.29, 0.717) is 17.1 Å². The maximum absolute atomic E-state index is 13.4. The molecule has 0 amide bonds. The number of methoxy groups -OCH3 is 2. The zero-order chi connectivity index (χ0) is 37.4. The van der Waals surface area contributed by atoms with Crippen LogP contribution in [0.25, 0.3) is 0 Å². The molecule has 0 saturated carbocycles. The predicted octanol–water partition coefficient (Wildman–Crippen LogP) is 6.43. The molecule has 4 atom stereocenters. The normalized spacial score (nSPS) is 18.1. The highest BCUT2D eigenvalue weighted by Gasteiger charge is 2.50. The van der Waals surface area contributed by atoms with E-state index in [9.17, 15) is 14.9 Å². The third-order valence-corrected chi connectivity index (χ3v) is 11.0. The molecule has 2 heterocycles. The molecule has 3 aromatic carbocycles. The number of aryl methyl sites for hydroxylation is 1. The van der Waals surface area contributed by atoms with Gasteiger partial charge in [-0.1, -0.05) is 54.6 Å². The van der Waals surface area contributed by atoms with Gasteiger partial charge in [0.15, 0.2) is 6.23 Å². The van der Waals surface area contributed by atoms with E-state index in [1.165, 1.54) is 10.8 Å². The molecule has 12 nitrogen and oxygen atoms in total. The van der Waals surface area contributed by atoms with Gasteiger partial charge >= 0.3 is 5.69 Å². The Morgan fingerprint density at radius 3 is 2.00 bits per heavy atom. The number of rotatable bonds is 16. The largest absolute Gasteiger partial charge is 0.497 e. The van der Waals surface area contributed by atoms with Crippen molar-refractivity contribution in [2.45, 2.75) is 77.2 Å². The van der Waals surface area contributed by atoms with Gasteiger partial charge in [-0.25, -0.2) is 9.46 Å². The molecule has 2 unspecified atom stereocenters. The van der Waals surface area contributed by atoms with Gasteiger partial charge in [0.25, 0.3) is 14.1 Å². The van der Waals surface area contributed by atoms with Gasteiger partial charge in [-0.05, 0) is 75.6 Å². The van der Waals surface area contributed by atoms with Crippen LogP contribution in [0.4, 0.5) is 0 Å². The lowest BCUT2D eigenvalue weighted by Gasteiger charge is -2.41. The van der Waals surface area contributed by atoms with Crippen LogP contribution in [0, 0.1) is 18.3 Å². The van der Waals surface area contributed by atoms with Crippen LogP contribution in [0.15, 0.2) is 94.6 Å². The Bertz CT molecular complexity index is 1850. The van der Waals surface area contributed by atoms with Crippen LogP contribution in [0.5, 0.6) is 11.5 Å². The summed E-state index contributed by atoms with van der Waals surface area (Å²) in [6.45, 7) is 9.99. The minimum Gasteiger partial charge on any atom is -0.497 e. The molecule has 0 bridgehead atoms. The van der Waals surface area contributed by atoms with Crippen molar-refractivity contribution in [2.24, 2.45) is 0 Å². The van der Waals surface area contributed by atoms with Crippen molar-refractivity contribution in [2.75, 3.05) is 27.4 Å². The van der Waals surface area contributed by atoms with Gasteiger partial charge in [0.05, 0.1) is 39.9 Å². The maximum Gasteiger partial charge on any atom is 0.330 e. The Morgan fingerprint density at radius 1 is 0.923 bits per heavy atom. The summed E-state index contributed by atoms with van der Waals surface area (Å²) in [7, 11) is 1.43. The van der Waals surface area contributed by atoms with Crippen LogP contribution in [-0.2, 0) is 24.1 Å². The molecule has 1 N–H and O–H groups in total. The first-order valence-corrected chi connectivity index (χ1v) is 18.4. The second-order valence-corrected chi connectivity index (χ2v) is 14.4. The molecule has 4 aromatic rings. The summed E-state index contributed by atoms with van der Waals surface area (Å²) >= 11 is 0. The van der Waals surface area contributed by atoms with Gasteiger partial charge in [0.2, 0.25) is 0 Å². The fourth-order valence-electron chi connectivity index (χ4n) is 6.46. The molecule has 1 aliphatic rings. The Morgan fingerprint density at radius 2 is 1.48 bits per heavy atom. The highest BCUT2D eigenvalue weighted by Crippen LogP contribution is 2.52. The van der Waals surface area contributed by atoms with Crippen molar-refractivity contribution < 1.29 is 28.0 Å². The summed E-state index contributed by atoms with van der Waals surface area (Å²) in [5, 5.41) is 9.35. The number of hydrogen-bond acceptors (Lipinski definition) is 10. The van der Waals surface area contributed by atoms with Crippen molar-refractivity contribution in [1.29, 1.82) is 5.26 Å². The lowest BCUT2D eigenvalue weighted by molar-refractivity contribution is -0.0855. The van der Waals surface area contributed by atoms with Crippen molar-refractivity contribution >= 4 is 8.53 Å². The minimum absolute atomic E-state index is 0.00777. The summed E-state index contributed by atoms with van der Waals surface area (Å²) in [5.41, 5.74) is 0.428. The molecule has 1 saturated heterocycles. The molecule has 1 aromatic heterocycles. The monoisotopic (exact) mass is 730 g/mol. The molecule has 1 aliphatic heterocycles. The van der Waals surface area contributed by atoms with Crippen LogP contribution < -0.4 is 20.7 Å². The Labute approximate surface area is 305 Å². The van der Waals surface area contributed by atoms with E-state index in [-0.39, 0.29) is 31.7 Å². The van der Waals surface area contributed by atoms with Gasteiger partial charge in [0.1, 0.15) is 29.3 Å². The number of nitrogens with zero attached hydrogens (tertiary/aromatic N) is 3. The fraction of sp³-hybridized carbons (Fsp3) is 0.410. The van der Waals surface area contributed by atoms with E-state index in [4.69, 9.17) is 28.0 Å². The summed E-state index contributed by atoms with van der Waals surface area (Å²) in [6.07, 6.45) is -1.07. The average molecular weight is 731 g/mol. The first-order chi connectivity index (χ1) is 25.0. The molecule has 276 valence electrons. The molecule has 0 aliphatic carbocycles. The molecular formula is C39H47N4O8P. The van der Waals surface area contributed by atoms with Crippen molar-refractivity contribution in [1.82, 2.24) is 14.2 Å². The second-order valence-electron chi connectivity index (χ2n) is 13.0. The van der Waals surface area contributed by atoms with E-state index in [2.05, 4.69) is 15.7 Å². The first kappa shape index (κ1) is 38.9. The third kappa shape index (κ3) is 8.31. The van der Waals surface area contributed by atoms with Gasteiger partial charge in [-0.15, -0.1) is 0 Å². The molecule has 5 rings (SSSR count). The van der Waals surface area contributed by atoms with Crippen LogP contribution in [-0.4, -0.2) is 65.9 Å². The topological polar surface area (TPSA) is 137 Å². The summed E-state index contributed by atoms with van der Waals surface area (Å²) in [5.74, 6) is 1.36. The standard InChI is InChI=1S/C39H47N4O8P/c1-26(2)43(27(3)4)52(49-23-11-22-40)51-35-34(25-48-37(35)42-24-28(5)36(44)41-38(42)45)50-39(29-12-9-8-10-13-29,30-14-18-32(46-6)19-15-30)31-16-20-33(47-7)21-17-31/h8-10,12-21,24,26-27,34-35,37H,11,23,25H2,1-7H3,(H,41,44,45)/t34-,35?,37+,52?/m0/s1. The van der Waals surface area contributed by atoms with Crippen LogP contribution in [0.1, 0.15) is 62.6 Å². The molecule has 52 heavy (non-hydrogen) atoms. The maximum atomic E-state index is 13.4. The zero-order valence-corrected chi connectivity index (χ0v) is 31.5. The Hall–Kier alpha value is -4.34. The van der Waals surface area contributed by atoms with Crippen LogP contribution >= 0.6 is 8.53 Å². The van der Waals surface area contributed by atoms with Gasteiger partial charge < -0.3 is 28.0 Å². The highest BCUT2D eigenvalue weighted by atomic mass is 31.2. The predicted molar refractivity (Wildman–Crippen MR) is 198 cm³/mol. The molecule has 1 fully saturated rings. The third-order valence-electron chi connectivity index (χ3n) is 8.87. The van der Waals surface area contributed by atoms with E-state index in [1.54, 1.807) is 21.1 Å². The van der Waals surface area contributed by atoms with Gasteiger partial charge in [0, 0.05) is 23.8 Å². The smallest absolute Gasteiger partial charge is 0.330 e. The number of nitriles is 1. The van der Waals surface area contributed by atoms with Crippen molar-refractivity contribution in [3.05, 3.63) is 128 Å².